The number of aryl methyl sites for hydroxylation is 1. The van der Waals surface area contributed by atoms with Crippen LogP contribution in [0.15, 0.2) is 35.7 Å². The van der Waals surface area contributed by atoms with Crippen molar-refractivity contribution in [2.24, 2.45) is 0 Å². The first-order valence-corrected chi connectivity index (χ1v) is 8.05. The molecule has 2 aromatic heterocycles. The fourth-order valence-corrected chi connectivity index (χ4v) is 2.24. The first-order chi connectivity index (χ1) is 10.2. The average molecular weight is 302 g/mol. The summed E-state index contributed by atoms with van der Waals surface area (Å²) in [6.45, 7) is 2.46. The average Bonchev–Trinajstić information content (AvgIpc) is 2.54. The summed E-state index contributed by atoms with van der Waals surface area (Å²) in [6, 6.07) is 5.62. The molecule has 0 radical (unpaired) electrons. The number of aromatic nitrogens is 3. The van der Waals surface area contributed by atoms with Gasteiger partial charge >= 0.3 is 0 Å². The molecule has 2 aromatic rings. The molecular weight excluding hydrogens is 284 g/mol. The highest BCUT2D eigenvalue weighted by atomic mass is 32.2. The minimum atomic E-state index is -0.156. The lowest BCUT2D eigenvalue weighted by atomic mass is 10.1. The third-order valence-electron chi connectivity index (χ3n) is 2.92. The third kappa shape index (κ3) is 4.26. The fourth-order valence-electron chi connectivity index (χ4n) is 1.88. The van der Waals surface area contributed by atoms with E-state index in [9.17, 15) is 4.79 Å². The number of hydrogen-bond acceptors (Lipinski definition) is 5. The fraction of sp³-hybridized carbons (Fsp3) is 0.333. The van der Waals surface area contributed by atoms with Gasteiger partial charge in [0.05, 0.1) is 23.5 Å². The molecule has 0 saturated heterocycles. The van der Waals surface area contributed by atoms with Crippen molar-refractivity contribution in [2.75, 3.05) is 6.26 Å². The molecule has 2 heterocycles. The number of hydrogen-bond donors (Lipinski definition) is 1. The van der Waals surface area contributed by atoms with E-state index in [1.807, 2.05) is 24.5 Å². The second kappa shape index (κ2) is 7.73. The zero-order chi connectivity index (χ0) is 15.1. The Morgan fingerprint density at radius 1 is 1.33 bits per heavy atom. The Morgan fingerprint density at radius 3 is 2.86 bits per heavy atom. The van der Waals surface area contributed by atoms with Gasteiger partial charge in [0.25, 0.3) is 5.91 Å². The molecular formula is C15H18N4OS. The number of carbonyl (C=O) groups is 1. The van der Waals surface area contributed by atoms with Gasteiger partial charge < -0.3 is 5.32 Å². The van der Waals surface area contributed by atoms with Crippen molar-refractivity contribution in [3.05, 3.63) is 47.5 Å². The zero-order valence-corrected chi connectivity index (χ0v) is 13.0. The van der Waals surface area contributed by atoms with E-state index in [4.69, 9.17) is 0 Å². The molecule has 6 heteroatoms. The second-order valence-electron chi connectivity index (χ2n) is 4.47. The molecule has 5 nitrogen and oxygen atoms in total. The highest BCUT2D eigenvalue weighted by Gasteiger charge is 2.14. The van der Waals surface area contributed by atoms with Gasteiger partial charge in [0.1, 0.15) is 0 Å². The number of rotatable bonds is 6. The van der Waals surface area contributed by atoms with Gasteiger partial charge in [-0.3, -0.25) is 9.78 Å². The predicted molar refractivity (Wildman–Crippen MR) is 83.2 cm³/mol. The molecule has 0 unspecified atom stereocenters. The van der Waals surface area contributed by atoms with Crippen LogP contribution in [0.25, 0.3) is 0 Å². The molecule has 0 bridgehead atoms. The maximum atomic E-state index is 12.3. The van der Waals surface area contributed by atoms with Gasteiger partial charge in [-0.05, 0) is 24.8 Å². The Hall–Kier alpha value is -1.95. The molecule has 0 aliphatic heterocycles. The molecule has 0 atom stereocenters. The van der Waals surface area contributed by atoms with E-state index in [0.717, 1.165) is 24.2 Å². The first-order valence-electron chi connectivity index (χ1n) is 6.82. The van der Waals surface area contributed by atoms with E-state index in [-0.39, 0.29) is 5.91 Å². The quantitative estimate of drug-likeness (QED) is 0.656. The van der Waals surface area contributed by atoms with Gasteiger partial charge in [-0.25, -0.2) is 9.97 Å². The Labute approximate surface area is 128 Å². The number of carbonyl (C=O) groups excluding carboxylic acids is 1. The third-order valence-corrected chi connectivity index (χ3v) is 3.48. The maximum absolute atomic E-state index is 12.3. The van der Waals surface area contributed by atoms with E-state index in [1.165, 1.54) is 11.8 Å². The molecule has 0 saturated carbocycles. The van der Waals surface area contributed by atoms with Crippen LogP contribution < -0.4 is 5.32 Å². The van der Waals surface area contributed by atoms with E-state index in [2.05, 4.69) is 27.2 Å². The van der Waals surface area contributed by atoms with Crippen molar-refractivity contribution in [2.45, 2.75) is 31.5 Å². The monoisotopic (exact) mass is 302 g/mol. The molecule has 2 rings (SSSR count). The predicted octanol–water partition coefficient (Wildman–Crippen LogP) is 2.48. The smallest absolute Gasteiger partial charge is 0.255 e. The molecule has 110 valence electrons. The van der Waals surface area contributed by atoms with E-state index < -0.39 is 0 Å². The highest BCUT2D eigenvalue weighted by Crippen LogP contribution is 2.14. The Kier molecular flexibility index (Phi) is 5.68. The first kappa shape index (κ1) is 15.4. The summed E-state index contributed by atoms with van der Waals surface area (Å²) >= 11 is 1.48. The summed E-state index contributed by atoms with van der Waals surface area (Å²) < 4.78 is 0. The summed E-state index contributed by atoms with van der Waals surface area (Å²) in [6.07, 6.45) is 6.94. The van der Waals surface area contributed by atoms with E-state index in [1.54, 1.807) is 12.4 Å². The van der Waals surface area contributed by atoms with Gasteiger partial charge in [-0.2, -0.15) is 0 Å². The Bertz CT molecular complexity index is 604. The van der Waals surface area contributed by atoms with Crippen LogP contribution in [-0.4, -0.2) is 27.1 Å². The van der Waals surface area contributed by atoms with Crippen LogP contribution in [0, 0.1) is 0 Å². The lowest BCUT2D eigenvalue weighted by molar-refractivity contribution is 0.0948. The van der Waals surface area contributed by atoms with Crippen molar-refractivity contribution >= 4 is 17.7 Å². The number of nitrogens with zero attached hydrogens (tertiary/aromatic N) is 3. The number of nitrogens with one attached hydrogen (secondary N) is 1. The molecule has 1 amide bonds. The molecule has 0 aliphatic rings. The molecule has 21 heavy (non-hydrogen) atoms. The van der Waals surface area contributed by atoms with Crippen LogP contribution >= 0.6 is 11.8 Å². The maximum Gasteiger partial charge on any atom is 0.255 e. The minimum absolute atomic E-state index is 0.156. The summed E-state index contributed by atoms with van der Waals surface area (Å²) in [5, 5.41) is 3.56. The van der Waals surface area contributed by atoms with E-state index >= 15 is 0 Å². The highest BCUT2D eigenvalue weighted by molar-refractivity contribution is 7.98. The van der Waals surface area contributed by atoms with Gasteiger partial charge in [0.15, 0.2) is 5.16 Å². The lowest BCUT2D eigenvalue weighted by Crippen LogP contribution is -2.25. The second-order valence-corrected chi connectivity index (χ2v) is 5.24. The lowest BCUT2D eigenvalue weighted by Gasteiger charge is -2.09. The number of amides is 1. The van der Waals surface area contributed by atoms with Gasteiger partial charge in [0.2, 0.25) is 0 Å². The van der Waals surface area contributed by atoms with Crippen molar-refractivity contribution in [1.82, 2.24) is 20.3 Å². The Morgan fingerprint density at radius 2 is 2.19 bits per heavy atom. The molecule has 0 aromatic carbocycles. The van der Waals surface area contributed by atoms with Crippen LogP contribution in [0.2, 0.25) is 0 Å². The standard InChI is InChI=1S/C15H18N4OS/c1-3-6-13-12(10-18-15(19-13)21-2)14(20)17-9-11-7-4-5-8-16-11/h4-5,7-8,10H,3,6,9H2,1-2H3,(H,17,20). The summed E-state index contributed by atoms with van der Waals surface area (Å²) in [4.78, 5) is 25.1. The summed E-state index contributed by atoms with van der Waals surface area (Å²) in [7, 11) is 0. The molecule has 0 spiro atoms. The van der Waals surface area contributed by atoms with Crippen molar-refractivity contribution in [3.8, 4) is 0 Å². The van der Waals surface area contributed by atoms with Crippen LogP contribution in [0.3, 0.4) is 0 Å². The van der Waals surface area contributed by atoms with E-state index in [0.29, 0.717) is 17.3 Å². The molecule has 0 aliphatic carbocycles. The largest absolute Gasteiger partial charge is 0.346 e. The van der Waals surface area contributed by atoms with Crippen LogP contribution in [0.5, 0.6) is 0 Å². The topological polar surface area (TPSA) is 67.8 Å². The Balaban J connectivity index is 2.11. The zero-order valence-electron chi connectivity index (χ0n) is 12.2. The van der Waals surface area contributed by atoms with Crippen molar-refractivity contribution in [3.63, 3.8) is 0 Å². The normalized spacial score (nSPS) is 10.4. The summed E-state index contributed by atoms with van der Waals surface area (Å²) in [5.74, 6) is -0.156. The number of pyridine rings is 1. The van der Waals surface area contributed by atoms with Gasteiger partial charge in [-0.15, -0.1) is 0 Å². The molecule has 0 fully saturated rings. The van der Waals surface area contributed by atoms with Crippen molar-refractivity contribution < 1.29 is 4.79 Å². The van der Waals surface area contributed by atoms with Gasteiger partial charge in [0, 0.05) is 12.4 Å². The van der Waals surface area contributed by atoms with Crippen LogP contribution in [0.4, 0.5) is 0 Å². The van der Waals surface area contributed by atoms with Crippen LogP contribution in [0.1, 0.15) is 35.1 Å². The number of thioether (sulfide) groups is 1. The summed E-state index contributed by atoms with van der Waals surface area (Å²) in [5.41, 5.74) is 2.17. The SMILES string of the molecule is CCCc1nc(SC)ncc1C(=O)NCc1ccccn1. The van der Waals surface area contributed by atoms with Crippen molar-refractivity contribution in [1.29, 1.82) is 0 Å². The molecule has 1 N–H and O–H groups in total. The van der Waals surface area contributed by atoms with Crippen LogP contribution in [-0.2, 0) is 13.0 Å². The van der Waals surface area contributed by atoms with Gasteiger partial charge in [-0.1, -0.05) is 31.2 Å². The minimum Gasteiger partial charge on any atom is -0.346 e.